The molecule has 4 rings (SSSR count). The van der Waals surface area contributed by atoms with Crippen LogP contribution < -0.4 is 4.90 Å². The smallest absolute Gasteiger partial charge is 0.129 e. The van der Waals surface area contributed by atoms with Crippen molar-refractivity contribution in [3.05, 3.63) is 71.0 Å². The van der Waals surface area contributed by atoms with Gasteiger partial charge in [0.15, 0.2) is 0 Å². The third kappa shape index (κ3) is 3.42. The highest BCUT2D eigenvalue weighted by atomic mass is 19.1. The van der Waals surface area contributed by atoms with E-state index in [1.165, 1.54) is 17.2 Å². The maximum atomic E-state index is 13.6. The molecule has 140 valence electrons. The predicted molar refractivity (Wildman–Crippen MR) is 110 cm³/mol. The van der Waals surface area contributed by atoms with E-state index in [1.54, 1.807) is 12.1 Å². The Hall–Kier alpha value is -2.46. The first-order chi connectivity index (χ1) is 12.9. The van der Waals surface area contributed by atoms with Gasteiger partial charge in [-0.2, -0.15) is 0 Å². The average Bonchev–Trinajstić information content (AvgIpc) is 3.08. The minimum absolute atomic E-state index is 0.214. The van der Waals surface area contributed by atoms with Crippen molar-refractivity contribution in [2.45, 2.75) is 25.8 Å². The summed E-state index contributed by atoms with van der Waals surface area (Å²) in [6.07, 6.45) is 0. The highest BCUT2D eigenvalue weighted by molar-refractivity contribution is 5.84. The van der Waals surface area contributed by atoms with Gasteiger partial charge < -0.3 is 9.80 Å². The van der Waals surface area contributed by atoms with Crippen LogP contribution in [0.2, 0.25) is 0 Å². The second-order valence-electron chi connectivity index (χ2n) is 7.91. The first-order valence-electron chi connectivity index (χ1n) is 9.47. The quantitative estimate of drug-likeness (QED) is 0.682. The summed E-state index contributed by atoms with van der Waals surface area (Å²) in [4.78, 5) is 9.52. The van der Waals surface area contributed by atoms with E-state index in [4.69, 9.17) is 4.98 Å². The van der Waals surface area contributed by atoms with Crippen LogP contribution in [0, 0.1) is 19.7 Å². The van der Waals surface area contributed by atoms with Gasteiger partial charge in [0, 0.05) is 30.4 Å². The molecule has 1 aliphatic heterocycles. The zero-order chi connectivity index (χ0) is 19.1. The molecule has 0 saturated carbocycles. The Morgan fingerprint density at radius 2 is 1.74 bits per heavy atom. The van der Waals surface area contributed by atoms with Crippen LogP contribution in [0.5, 0.6) is 0 Å². The molecule has 1 aliphatic rings. The van der Waals surface area contributed by atoms with Crippen LogP contribution in [0.15, 0.2) is 48.5 Å². The van der Waals surface area contributed by atoms with Crippen molar-refractivity contribution in [1.82, 2.24) is 9.88 Å². The first-order valence-corrected chi connectivity index (χ1v) is 9.47. The largest absolute Gasteiger partial charge is 0.354 e. The fourth-order valence-corrected chi connectivity index (χ4v) is 4.15. The van der Waals surface area contributed by atoms with Crippen molar-refractivity contribution in [2.75, 3.05) is 32.1 Å². The van der Waals surface area contributed by atoms with Crippen molar-refractivity contribution < 1.29 is 4.39 Å². The third-order valence-electron chi connectivity index (χ3n) is 5.75. The molecule has 2 unspecified atom stereocenters. The molecule has 1 saturated heterocycles. The summed E-state index contributed by atoms with van der Waals surface area (Å²) < 4.78 is 13.6. The van der Waals surface area contributed by atoms with Gasteiger partial charge in [-0.1, -0.05) is 29.8 Å². The van der Waals surface area contributed by atoms with Gasteiger partial charge in [-0.15, -0.1) is 0 Å². The highest BCUT2D eigenvalue weighted by Crippen LogP contribution is 2.34. The second kappa shape index (κ2) is 6.93. The number of anilines is 1. The van der Waals surface area contributed by atoms with Crippen LogP contribution in [-0.4, -0.2) is 43.1 Å². The van der Waals surface area contributed by atoms with Crippen molar-refractivity contribution in [1.29, 1.82) is 0 Å². The Bertz CT molecular complexity index is 965. The molecule has 0 spiro atoms. The normalized spacial score (nSPS) is 20.0. The molecule has 4 heteroatoms. The number of nitrogens with zero attached hydrogens (tertiary/aromatic N) is 3. The van der Waals surface area contributed by atoms with E-state index in [0.717, 1.165) is 35.4 Å². The van der Waals surface area contributed by atoms with E-state index in [2.05, 4.69) is 61.2 Å². The Balaban J connectivity index is 1.69. The van der Waals surface area contributed by atoms with Crippen LogP contribution >= 0.6 is 0 Å². The number of hydrogen-bond acceptors (Lipinski definition) is 3. The van der Waals surface area contributed by atoms with E-state index >= 15 is 0 Å². The van der Waals surface area contributed by atoms with Gasteiger partial charge in [-0.05, 0) is 63.3 Å². The van der Waals surface area contributed by atoms with E-state index < -0.39 is 0 Å². The molecule has 1 fully saturated rings. The standard InChI is InChI=1S/C23H26FN3/c1-15-5-7-17(8-6-15)20-13-27(14-22(20)26(3)4)23-11-16(2)19-12-18(24)9-10-21(19)25-23/h5-12,20,22H,13-14H2,1-4H3. The maximum Gasteiger partial charge on any atom is 0.129 e. The van der Waals surface area contributed by atoms with Gasteiger partial charge in [0.2, 0.25) is 0 Å². The van der Waals surface area contributed by atoms with Crippen molar-refractivity contribution >= 4 is 16.7 Å². The van der Waals surface area contributed by atoms with Gasteiger partial charge >= 0.3 is 0 Å². The van der Waals surface area contributed by atoms with Crippen molar-refractivity contribution in [3.63, 3.8) is 0 Å². The van der Waals surface area contributed by atoms with E-state index in [-0.39, 0.29) is 5.82 Å². The molecule has 0 radical (unpaired) electrons. The molecule has 1 aromatic heterocycles. The van der Waals surface area contributed by atoms with Gasteiger partial charge in [0.1, 0.15) is 11.6 Å². The minimum Gasteiger partial charge on any atom is -0.354 e. The number of pyridine rings is 1. The van der Waals surface area contributed by atoms with Gasteiger partial charge in [-0.25, -0.2) is 9.37 Å². The van der Waals surface area contributed by atoms with E-state index in [0.29, 0.717) is 12.0 Å². The summed E-state index contributed by atoms with van der Waals surface area (Å²) in [5.41, 5.74) is 4.58. The fraction of sp³-hybridized carbons (Fsp3) is 0.348. The Morgan fingerprint density at radius 1 is 1.00 bits per heavy atom. The Morgan fingerprint density at radius 3 is 2.44 bits per heavy atom. The second-order valence-corrected chi connectivity index (χ2v) is 7.91. The summed E-state index contributed by atoms with van der Waals surface area (Å²) in [6.45, 7) is 6.03. The molecule has 3 aromatic rings. The number of likely N-dealkylation sites (N-methyl/N-ethyl adjacent to an activating group) is 1. The predicted octanol–water partition coefficient (Wildman–Crippen LogP) is 4.52. The summed E-state index contributed by atoms with van der Waals surface area (Å²) in [5.74, 6) is 1.20. The lowest BCUT2D eigenvalue weighted by molar-refractivity contribution is 0.292. The molecule has 2 aromatic carbocycles. The molecule has 0 bridgehead atoms. The number of aromatic nitrogens is 1. The van der Waals surface area contributed by atoms with Crippen LogP contribution in [0.1, 0.15) is 22.6 Å². The fourth-order valence-electron chi connectivity index (χ4n) is 4.15. The van der Waals surface area contributed by atoms with Gasteiger partial charge in [0.05, 0.1) is 5.52 Å². The summed E-state index contributed by atoms with van der Waals surface area (Å²) >= 11 is 0. The number of aryl methyl sites for hydroxylation is 2. The third-order valence-corrected chi connectivity index (χ3v) is 5.75. The van der Waals surface area contributed by atoms with Crippen LogP contribution in [0.3, 0.4) is 0 Å². The lowest BCUT2D eigenvalue weighted by Crippen LogP contribution is -2.34. The highest BCUT2D eigenvalue weighted by Gasteiger charge is 2.35. The monoisotopic (exact) mass is 363 g/mol. The summed E-state index contributed by atoms with van der Waals surface area (Å²) in [5, 5.41) is 0.886. The SMILES string of the molecule is Cc1ccc(C2CN(c3cc(C)c4cc(F)ccc4n3)CC2N(C)C)cc1. The summed E-state index contributed by atoms with van der Waals surface area (Å²) in [7, 11) is 4.30. The van der Waals surface area contributed by atoms with Crippen LogP contribution in [0.4, 0.5) is 10.2 Å². The lowest BCUT2D eigenvalue weighted by Gasteiger charge is -2.25. The zero-order valence-electron chi connectivity index (χ0n) is 16.4. The number of hydrogen-bond donors (Lipinski definition) is 0. The molecule has 0 N–H and O–H groups in total. The topological polar surface area (TPSA) is 19.4 Å². The van der Waals surface area contributed by atoms with Crippen LogP contribution in [-0.2, 0) is 0 Å². The Kier molecular flexibility index (Phi) is 4.60. The zero-order valence-corrected chi connectivity index (χ0v) is 16.4. The number of halogens is 1. The van der Waals surface area contributed by atoms with Gasteiger partial charge in [0.25, 0.3) is 0 Å². The molecule has 2 atom stereocenters. The van der Waals surface area contributed by atoms with Crippen molar-refractivity contribution in [2.24, 2.45) is 0 Å². The number of rotatable bonds is 3. The van der Waals surface area contributed by atoms with E-state index in [9.17, 15) is 4.39 Å². The number of fused-ring (bicyclic) bond motifs is 1. The molecule has 0 amide bonds. The first kappa shape index (κ1) is 17.9. The van der Waals surface area contributed by atoms with Crippen LogP contribution in [0.25, 0.3) is 10.9 Å². The molecule has 3 nitrogen and oxygen atoms in total. The lowest BCUT2D eigenvalue weighted by atomic mass is 9.93. The van der Waals surface area contributed by atoms with Crippen molar-refractivity contribution in [3.8, 4) is 0 Å². The maximum absolute atomic E-state index is 13.6. The summed E-state index contributed by atoms with van der Waals surface area (Å²) in [6, 6.07) is 16.2. The Labute approximate surface area is 160 Å². The van der Waals surface area contributed by atoms with E-state index in [1.807, 2.05) is 6.92 Å². The molecular formula is C23H26FN3. The molecule has 0 aliphatic carbocycles. The molecule has 2 heterocycles. The minimum atomic E-state index is -0.214. The average molecular weight is 363 g/mol. The number of benzene rings is 2. The molecule has 27 heavy (non-hydrogen) atoms. The molecular weight excluding hydrogens is 337 g/mol. The van der Waals surface area contributed by atoms with Gasteiger partial charge in [-0.3, -0.25) is 0 Å².